The van der Waals surface area contributed by atoms with E-state index in [1.165, 1.54) is 11.1 Å². The Morgan fingerprint density at radius 1 is 1.43 bits per heavy atom. The van der Waals surface area contributed by atoms with E-state index in [1.807, 2.05) is 4.57 Å². The average molecular weight is 313 g/mol. The summed E-state index contributed by atoms with van der Waals surface area (Å²) in [6.07, 6.45) is 5.45. The van der Waals surface area contributed by atoms with E-state index < -0.39 is 0 Å². The van der Waals surface area contributed by atoms with Gasteiger partial charge in [-0.15, -0.1) is 0 Å². The second-order valence-electron chi connectivity index (χ2n) is 6.76. The van der Waals surface area contributed by atoms with Gasteiger partial charge in [0.1, 0.15) is 5.69 Å². The summed E-state index contributed by atoms with van der Waals surface area (Å²) >= 11 is 0. The molecule has 1 heterocycles. The molecule has 3 rings (SSSR count). The fraction of sp³-hybridized carbons (Fsp3) is 0.444. The Morgan fingerprint density at radius 2 is 2.22 bits per heavy atom. The standard InChI is InChI=1S/C18H23N3O2/c1-18(2)8-7-13-5-3-4-6-14(13)16(18)21-12-19-11-15(21)17(23)20-9-10-22/h3-6,11-12,16,22H,7-10H2,1-2H3,(H,20,23). The van der Waals surface area contributed by atoms with E-state index in [-0.39, 0.29) is 30.5 Å². The van der Waals surface area contributed by atoms with Gasteiger partial charge in [-0.3, -0.25) is 4.79 Å². The van der Waals surface area contributed by atoms with Crippen LogP contribution in [-0.4, -0.2) is 33.7 Å². The second kappa shape index (κ2) is 6.16. The van der Waals surface area contributed by atoms with Crippen molar-refractivity contribution in [2.45, 2.75) is 32.7 Å². The molecule has 0 spiro atoms. The molecular weight excluding hydrogens is 290 g/mol. The van der Waals surface area contributed by atoms with Crippen molar-refractivity contribution in [2.75, 3.05) is 13.2 Å². The molecule has 0 bridgehead atoms. The van der Waals surface area contributed by atoms with Crippen molar-refractivity contribution in [3.8, 4) is 0 Å². The first-order chi connectivity index (χ1) is 11.0. The van der Waals surface area contributed by atoms with Crippen LogP contribution in [0.5, 0.6) is 0 Å². The molecule has 0 saturated carbocycles. The van der Waals surface area contributed by atoms with Gasteiger partial charge < -0.3 is 15.0 Å². The molecule has 23 heavy (non-hydrogen) atoms. The monoisotopic (exact) mass is 313 g/mol. The van der Waals surface area contributed by atoms with Crippen LogP contribution in [0.15, 0.2) is 36.8 Å². The number of benzene rings is 1. The summed E-state index contributed by atoms with van der Waals surface area (Å²) in [6.45, 7) is 4.65. The zero-order valence-electron chi connectivity index (χ0n) is 13.6. The number of imidazole rings is 1. The Kier molecular flexibility index (Phi) is 4.22. The molecule has 1 aliphatic rings. The summed E-state index contributed by atoms with van der Waals surface area (Å²) in [5, 5.41) is 11.6. The summed E-state index contributed by atoms with van der Waals surface area (Å²) < 4.78 is 1.98. The number of rotatable bonds is 4. The van der Waals surface area contributed by atoms with E-state index in [1.54, 1.807) is 12.5 Å². The van der Waals surface area contributed by atoms with Crippen LogP contribution in [0.2, 0.25) is 0 Å². The molecule has 2 aromatic rings. The molecule has 5 heteroatoms. The van der Waals surface area contributed by atoms with Crippen LogP contribution in [0, 0.1) is 5.41 Å². The van der Waals surface area contributed by atoms with E-state index in [0.717, 1.165) is 12.8 Å². The van der Waals surface area contributed by atoms with Crippen LogP contribution >= 0.6 is 0 Å². The molecule has 5 nitrogen and oxygen atoms in total. The number of amides is 1. The largest absolute Gasteiger partial charge is 0.395 e. The molecule has 1 amide bonds. The molecule has 0 saturated heterocycles. The lowest BCUT2D eigenvalue weighted by Crippen LogP contribution is -2.36. The van der Waals surface area contributed by atoms with Gasteiger partial charge in [0.25, 0.3) is 5.91 Å². The number of carbonyl (C=O) groups is 1. The molecular formula is C18H23N3O2. The lowest BCUT2D eigenvalue weighted by atomic mass is 9.70. The van der Waals surface area contributed by atoms with E-state index in [4.69, 9.17) is 5.11 Å². The molecule has 1 atom stereocenters. The smallest absolute Gasteiger partial charge is 0.269 e. The van der Waals surface area contributed by atoms with Gasteiger partial charge in [-0.05, 0) is 29.4 Å². The number of carbonyl (C=O) groups excluding carboxylic acids is 1. The molecule has 1 aliphatic carbocycles. The topological polar surface area (TPSA) is 67.2 Å². The van der Waals surface area contributed by atoms with Crippen LogP contribution in [0.25, 0.3) is 0 Å². The van der Waals surface area contributed by atoms with Crippen molar-refractivity contribution >= 4 is 5.91 Å². The Bertz CT molecular complexity index is 706. The third-order valence-corrected chi connectivity index (χ3v) is 4.70. The zero-order valence-corrected chi connectivity index (χ0v) is 13.6. The number of hydrogen-bond donors (Lipinski definition) is 2. The summed E-state index contributed by atoms with van der Waals surface area (Å²) in [5.74, 6) is -0.199. The Hall–Kier alpha value is -2.14. The normalized spacial score (nSPS) is 19.2. The Morgan fingerprint density at radius 3 is 3.00 bits per heavy atom. The summed E-state index contributed by atoms with van der Waals surface area (Å²) in [5.41, 5.74) is 3.17. The predicted molar refractivity (Wildman–Crippen MR) is 88.3 cm³/mol. The maximum Gasteiger partial charge on any atom is 0.269 e. The number of fused-ring (bicyclic) bond motifs is 1. The number of aliphatic hydroxyl groups is 1. The second-order valence-corrected chi connectivity index (χ2v) is 6.76. The van der Waals surface area contributed by atoms with Gasteiger partial charge >= 0.3 is 0 Å². The van der Waals surface area contributed by atoms with Crippen molar-refractivity contribution in [1.29, 1.82) is 0 Å². The molecule has 122 valence electrons. The number of aryl methyl sites for hydroxylation is 1. The van der Waals surface area contributed by atoms with Crippen molar-refractivity contribution in [3.63, 3.8) is 0 Å². The maximum atomic E-state index is 12.4. The SMILES string of the molecule is CC1(C)CCc2ccccc2C1n1cncc1C(=O)NCCO. The minimum absolute atomic E-state index is 0.0288. The highest BCUT2D eigenvalue weighted by Gasteiger charge is 2.38. The van der Waals surface area contributed by atoms with E-state index >= 15 is 0 Å². The first-order valence-electron chi connectivity index (χ1n) is 8.03. The van der Waals surface area contributed by atoms with Crippen molar-refractivity contribution in [1.82, 2.24) is 14.9 Å². The maximum absolute atomic E-state index is 12.4. The minimum Gasteiger partial charge on any atom is -0.395 e. The number of hydrogen-bond acceptors (Lipinski definition) is 3. The molecule has 1 aromatic carbocycles. The van der Waals surface area contributed by atoms with Crippen LogP contribution < -0.4 is 5.32 Å². The summed E-state index contributed by atoms with van der Waals surface area (Å²) in [4.78, 5) is 16.6. The Balaban J connectivity index is 2.04. The molecule has 0 fully saturated rings. The van der Waals surface area contributed by atoms with E-state index in [9.17, 15) is 4.79 Å². The summed E-state index contributed by atoms with van der Waals surface area (Å²) in [7, 11) is 0. The quantitative estimate of drug-likeness (QED) is 0.909. The number of nitrogens with zero attached hydrogens (tertiary/aromatic N) is 2. The van der Waals surface area contributed by atoms with Gasteiger partial charge in [0.15, 0.2) is 0 Å². The minimum atomic E-state index is -0.199. The first kappa shape index (κ1) is 15.7. The van der Waals surface area contributed by atoms with Crippen molar-refractivity contribution in [2.24, 2.45) is 5.41 Å². The van der Waals surface area contributed by atoms with Gasteiger partial charge in [0.05, 0.1) is 25.2 Å². The lowest BCUT2D eigenvalue weighted by molar-refractivity contribution is 0.0927. The molecule has 0 radical (unpaired) electrons. The van der Waals surface area contributed by atoms with E-state index in [0.29, 0.717) is 5.69 Å². The number of nitrogens with one attached hydrogen (secondary N) is 1. The van der Waals surface area contributed by atoms with Gasteiger partial charge in [-0.2, -0.15) is 0 Å². The van der Waals surface area contributed by atoms with Gasteiger partial charge in [0.2, 0.25) is 0 Å². The molecule has 1 aromatic heterocycles. The van der Waals surface area contributed by atoms with Crippen LogP contribution in [0.1, 0.15) is 47.9 Å². The van der Waals surface area contributed by atoms with Crippen LogP contribution in [0.3, 0.4) is 0 Å². The lowest BCUT2D eigenvalue weighted by Gasteiger charge is -2.41. The highest BCUT2D eigenvalue weighted by Crippen LogP contribution is 2.46. The van der Waals surface area contributed by atoms with Crippen LogP contribution in [-0.2, 0) is 6.42 Å². The van der Waals surface area contributed by atoms with Crippen molar-refractivity contribution in [3.05, 3.63) is 53.6 Å². The Labute approximate surface area is 136 Å². The molecule has 1 unspecified atom stereocenters. The number of aliphatic hydroxyl groups excluding tert-OH is 1. The van der Waals surface area contributed by atoms with Crippen molar-refractivity contribution < 1.29 is 9.90 Å². The third-order valence-electron chi connectivity index (χ3n) is 4.70. The highest BCUT2D eigenvalue weighted by atomic mass is 16.3. The first-order valence-corrected chi connectivity index (χ1v) is 8.03. The third kappa shape index (κ3) is 2.88. The fourth-order valence-electron chi connectivity index (χ4n) is 3.52. The molecule has 0 aliphatic heterocycles. The summed E-state index contributed by atoms with van der Waals surface area (Å²) in [6, 6.07) is 8.51. The van der Waals surface area contributed by atoms with Gasteiger partial charge in [-0.1, -0.05) is 38.1 Å². The average Bonchev–Trinajstić information content (AvgIpc) is 3.00. The fourth-order valence-corrected chi connectivity index (χ4v) is 3.52. The van der Waals surface area contributed by atoms with E-state index in [2.05, 4.69) is 48.4 Å². The molecule has 2 N–H and O–H groups in total. The zero-order chi connectivity index (χ0) is 16.4. The van der Waals surface area contributed by atoms with Gasteiger partial charge in [0, 0.05) is 6.54 Å². The van der Waals surface area contributed by atoms with Gasteiger partial charge in [-0.25, -0.2) is 4.98 Å². The van der Waals surface area contributed by atoms with Crippen LogP contribution in [0.4, 0.5) is 0 Å². The highest BCUT2D eigenvalue weighted by molar-refractivity contribution is 5.92. The number of aromatic nitrogens is 2. The predicted octanol–water partition coefficient (Wildman–Crippen LogP) is 2.17.